The van der Waals surface area contributed by atoms with Crippen LogP contribution in [-0.4, -0.2) is 28.4 Å². The molecular formula is C19H29N3O2. The molecule has 1 N–H and O–H groups in total. The number of hydrogen-bond donors (Lipinski definition) is 1. The molecule has 1 aromatic heterocycles. The zero-order chi connectivity index (χ0) is 18.3. The number of pyridine rings is 1. The predicted octanol–water partition coefficient (Wildman–Crippen LogP) is 3.22. The number of unbranched alkanes of at least 4 members (excludes halogenated alkanes) is 1. The molecule has 1 atom stereocenters. The van der Waals surface area contributed by atoms with E-state index in [1.54, 1.807) is 6.92 Å². The van der Waals surface area contributed by atoms with Gasteiger partial charge in [-0.2, -0.15) is 5.26 Å². The van der Waals surface area contributed by atoms with Gasteiger partial charge >= 0.3 is 0 Å². The fourth-order valence-electron chi connectivity index (χ4n) is 2.94. The van der Waals surface area contributed by atoms with E-state index in [2.05, 4.69) is 25.8 Å². The number of amides is 1. The van der Waals surface area contributed by atoms with Crippen LogP contribution in [0.2, 0.25) is 0 Å². The molecule has 0 spiro atoms. The maximum absolute atomic E-state index is 12.7. The summed E-state index contributed by atoms with van der Waals surface area (Å²) in [6.07, 6.45) is 3.94. The molecule has 0 aliphatic carbocycles. The Kier molecular flexibility index (Phi) is 7.70. The van der Waals surface area contributed by atoms with Gasteiger partial charge in [0.25, 0.3) is 5.56 Å². The third kappa shape index (κ3) is 4.70. The van der Waals surface area contributed by atoms with Crippen LogP contribution in [0.5, 0.6) is 0 Å². The van der Waals surface area contributed by atoms with E-state index in [9.17, 15) is 9.59 Å². The highest BCUT2D eigenvalue weighted by Gasteiger charge is 2.19. The summed E-state index contributed by atoms with van der Waals surface area (Å²) in [5, 5.41) is 9.14. The second-order valence-electron chi connectivity index (χ2n) is 6.37. The number of H-pyrrole nitrogens is 1. The number of nitrogens with zero attached hydrogens (tertiary/aromatic N) is 2. The Balaban J connectivity index is 2.93. The summed E-state index contributed by atoms with van der Waals surface area (Å²) in [6.45, 7) is 10.7. The van der Waals surface area contributed by atoms with Crippen LogP contribution in [0.1, 0.15) is 68.8 Å². The van der Waals surface area contributed by atoms with Crippen LogP contribution >= 0.6 is 0 Å². The molecule has 5 nitrogen and oxygen atoms in total. The molecule has 1 unspecified atom stereocenters. The van der Waals surface area contributed by atoms with Crippen LogP contribution in [-0.2, 0) is 11.2 Å². The Morgan fingerprint density at radius 3 is 2.54 bits per heavy atom. The number of hydrogen-bond acceptors (Lipinski definition) is 3. The first-order valence-electron chi connectivity index (χ1n) is 8.79. The highest BCUT2D eigenvalue weighted by Crippen LogP contribution is 2.17. The topological polar surface area (TPSA) is 77.0 Å². The predicted molar refractivity (Wildman–Crippen MR) is 95.9 cm³/mol. The lowest BCUT2D eigenvalue weighted by molar-refractivity contribution is -0.133. The molecule has 1 heterocycles. The highest BCUT2D eigenvalue weighted by atomic mass is 16.2. The van der Waals surface area contributed by atoms with E-state index in [0.717, 1.165) is 37.1 Å². The van der Waals surface area contributed by atoms with Crippen LogP contribution in [0.3, 0.4) is 0 Å². The summed E-state index contributed by atoms with van der Waals surface area (Å²) in [5.41, 5.74) is 2.13. The molecule has 1 aromatic rings. The van der Waals surface area contributed by atoms with Crippen LogP contribution in [0, 0.1) is 25.2 Å². The molecule has 0 saturated heterocycles. The molecule has 0 aromatic carbocycles. The van der Waals surface area contributed by atoms with Crippen LogP contribution in [0.25, 0.3) is 0 Å². The van der Waals surface area contributed by atoms with Gasteiger partial charge < -0.3 is 9.88 Å². The van der Waals surface area contributed by atoms with E-state index >= 15 is 0 Å². The average molecular weight is 331 g/mol. The fourth-order valence-corrected chi connectivity index (χ4v) is 2.94. The van der Waals surface area contributed by atoms with Gasteiger partial charge in [0.15, 0.2) is 0 Å². The number of rotatable bonds is 8. The van der Waals surface area contributed by atoms with Gasteiger partial charge in [-0.05, 0) is 51.2 Å². The molecule has 0 aliphatic heterocycles. The quantitative estimate of drug-likeness (QED) is 0.794. The van der Waals surface area contributed by atoms with Crippen LogP contribution in [0.15, 0.2) is 4.79 Å². The van der Waals surface area contributed by atoms with Crippen molar-refractivity contribution in [1.82, 2.24) is 9.88 Å². The maximum atomic E-state index is 12.7. The maximum Gasteiger partial charge on any atom is 0.266 e. The molecule has 0 radical (unpaired) electrons. The van der Waals surface area contributed by atoms with Crippen molar-refractivity contribution in [3.05, 3.63) is 32.7 Å². The minimum Gasteiger partial charge on any atom is -0.340 e. The molecule has 24 heavy (non-hydrogen) atoms. The molecule has 1 amide bonds. The number of aromatic nitrogens is 1. The molecule has 5 heteroatoms. The molecule has 0 bridgehead atoms. The second kappa shape index (κ2) is 9.27. The first kappa shape index (κ1) is 20.0. The number of aryl methyl sites for hydroxylation is 1. The van der Waals surface area contributed by atoms with Crippen molar-refractivity contribution in [1.29, 1.82) is 5.26 Å². The number of nitrogens with one attached hydrogen (secondary N) is 1. The van der Waals surface area contributed by atoms with Crippen molar-refractivity contribution < 1.29 is 4.79 Å². The number of carbonyl (C=O) groups excluding carboxylic acids is 1. The van der Waals surface area contributed by atoms with Crippen molar-refractivity contribution >= 4 is 5.91 Å². The monoisotopic (exact) mass is 331 g/mol. The van der Waals surface area contributed by atoms with Gasteiger partial charge in [0, 0.05) is 24.7 Å². The minimum absolute atomic E-state index is 0.140. The lowest BCUT2D eigenvalue weighted by Gasteiger charge is -2.29. The van der Waals surface area contributed by atoms with E-state index < -0.39 is 0 Å². The van der Waals surface area contributed by atoms with E-state index in [0.29, 0.717) is 18.4 Å². The third-order valence-electron chi connectivity index (χ3n) is 4.70. The van der Waals surface area contributed by atoms with Gasteiger partial charge in [-0.1, -0.05) is 20.3 Å². The fraction of sp³-hybridized carbons (Fsp3) is 0.632. The summed E-state index contributed by atoms with van der Waals surface area (Å²) in [7, 11) is 0. The molecule has 1 rings (SSSR count). The zero-order valence-electron chi connectivity index (χ0n) is 15.5. The summed E-state index contributed by atoms with van der Waals surface area (Å²) in [4.78, 5) is 29.1. The van der Waals surface area contributed by atoms with E-state index in [4.69, 9.17) is 5.26 Å². The lowest BCUT2D eigenvalue weighted by atomic mass is 9.98. The van der Waals surface area contributed by atoms with Gasteiger partial charge in [-0.15, -0.1) is 0 Å². The smallest absolute Gasteiger partial charge is 0.266 e. The Hall–Kier alpha value is -2.09. The largest absolute Gasteiger partial charge is 0.340 e. The van der Waals surface area contributed by atoms with Crippen molar-refractivity contribution in [3.63, 3.8) is 0 Å². The van der Waals surface area contributed by atoms with E-state index in [1.165, 1.54) is 0 Å². The van der Waals surface area contributed by atoms with Crippen LogP contribution < -0.4 is 5.56 Å². The third-order valence-corrected chi connectivity index (χ3v) is 4.70. The van der Waals surface area contributed by atoms with Crippen molar-refractivity contribution in [2.24, 2.45) is 0 Å². The summed E-state index contributed by atoms with van der Waals surface area (Å²) in [6, 6.07) is 2.19. The van der Waals surface area contributed by atoms with Crippen molar-refractivity contribution in [2.45, 2.75) is 72.8 Å². The van der Waals surface area contributed by atoms with Gasteiger partial charge in [0.2, 0.25) is 5.91 Å². The van der Waals surface area contributed by atoms with Gasteiger partial charge in [0.1, 0.15) is 11.6 Å². The number of aromatic amines is 1. The van der Waals surface area contributed by atoms with Crippen LogP contribution in [0.4, 0.5) is 0 Å². The Bertz CT molecular complexity index is 670. The molecule has 0 saturated carbocycles. The first-order chi connectivity index (χ1) is 11.4. The SMILES string of the molecule is CCCCN(C(=O)CCc1c(C)[nH]c(=O)c(C#N)c1C)C(C)CC. The van der Waals surface area contributed by atoms with Gasteiger partial charge in [-0.25, -0.2) is 0 Å². The van der Waals surface area contributed by atoms with Crippen molar-refractivity contribution in [2.75, 3.05) is 6.54 Å². The minimum atomic E-state index is -0.355. The van der Waals surface area contributed by atoms with Gasteiger partial charge in [0.05, 0.1) is 0 Å². The number of nitriles is 1. The standard InChI is InChI=1S/C19H29N3O2/c1-6-8-11-22(13(3)7-2)18(23)10-9-16-14(4)17(12-20)19(24)21-15(16)5/h13H,6-11H2,1-5H3,(H,21,24). The second-order valence-corrected chi connectivity index (χ2v) is 6.37. The Morgan fingerprint density at radius 1 is 1.33 bits per heavy atom. The highest BCUT2D eigenvalue weighted by molar-refractivity contribution is 5.77. The summed E-state index contributed by atoms with van der Waals surface area (Å²) in [5.74, 6) is 0.140. The summed E-state index contributed by atoms with van der Waals surface area (Å²) < 4.78 is 0. The first-order valence-corrected chi connectivity index (χ1v) is 8.79. The van der Waals surface area contributed by atoms with Crippen molar-refractivity contribution in [3.8, 4) is 6.07 Å². The molecular weight excluding hydrogens is 302 g/mol. The molecule has 0 aliphatic rings. The molecule has 0 fully saturated rings. The normalized spacial score (nSPS) is 11.8. The zero-order valence-corrected chi connectivity index (χ0v) is 15.5. The average Bonchev–Trinajstić information content (AvgIpc) is 2.54. The van der Waals surface area contributed by atoms with E-state index in [-0.39, 0.29) is 23.1 Å². The Labute approximate surface area is 144 Å². The summed E-state index contributed by atoms with van der Waals surface area (Å²) >= 11 is 0. The molecule has 132 valence electrons. The Morgan fingerprint density at radius 2 is 2.00 bits per heavy atom. The van der Waals surface area contributed by atoms with E-state index in [1.807, 2.05) is 17.9 Å². The van der Waals surface area contributed by atoms with Gasteiger partial charge in [-0.3, -0.25) is 9.59 Å². The lowest BCUT2D eigenvalue weighted by Crippen LogP contribution is -2.39. The number of carbonyl (C=O) groups is 1.